The van der Waals surface area contributed by atoms with Gasteiger partial charge in [-0.1, -0.05) is 0 Å². The number of benzene rings is 1. The van der Waals surface area contributed by atoms with E-state index >= 15 is 0 Å². The molecule has 2 fully saturated rings. The number of hydrogen-bond acceptors (Lipinski definition) is 9. The summed E-state index contributed by atoms with van der Waals surface area (Å²) in [6.07, 6.45) is 1.46. The Morgan fingerprint density at radius 2 is 2.00 bits per heavy atom. The third kappa shape index (κ3) is 3.18. The maximum atomic E-state index is 9.21. The lowest BCUT2D eigenvalue weighted by molar-refractivity contribution is 0.0286. The summed E-state index contributed by atoms with van der Waals surface area (Å²) in [5.74, 6) is 1.08. The van der Waals surface area contributed by atoms with E-state index in [4.69, 9.17) is 13.8 Å². The van der Waals surface area contributed by atoms with Gasteiger partial charge in [-0.2, -0.15) is 0 Å². The minimum Gasteiger partial charge on any atom is -0.444 e. The highest BCUT2D eigenvalue weighted by atomic mass is 16.6. The molecule has 2 aromatic heterocycles. The molecule has 1 N–H and O–H groups in total. The number of anilines is 1. The molecule has 2 aliphatic rings. The summed E-state index contributed by atoms with van der Waals surface area (Å²) >= 11 is 0. The molecular formula is C18H21N5O4. The summed E-state index contributed by atoms with van der Waals surface area (Å²) in [7, 11) is 0. The van der Waals surface area contributed by atoms with Gasteiger partial charge in [0.15, 0.2) is 5.52 Å². The number of nitrogens with zero attached hydrogens (tertiary/aromatic N) is 5. The molecule has 0 radical (unpaired) electrons. The zero-order valence-electron chi connectivity index (χ0n) is 14.9. The van der Waals surface area contributed by atoms with Crippen LogP contribution in [0, 0.1) is 5.92 Å². The van der Waals surface area contributed by atoms with Crippen molar-refractivity contribution < 1.29 is 18.9 Å². The SMILES string of the molecule is OCc1coc(-c2cc(N3CC(CN4CCOCC4)C3)c3nonc3c2)n1. The number of rotatable bonds is 5. The van der Waals surface area contributed by atoms with Gasteiger partial charge < -0.3 is 19.2 Å². The third-order valence-electron chi connectivity index (χ3n) is 5.22. The number of aromatic nitrogens is 3. The first-order valence-electron chi connectivity index (χ1n) is 9.17. The summed E-state index contributed by atoms with van der Waals surface area (Å²) < 4.78 is 15.9. The maximum Gasteiger partial charge on any atom is 0.226 e. The number of hydrogen-bond donors (Lipinski definition) is 1. The van der Waals surface area contributed by atoms with Crippen molar-refractivity contribution in [3.63, 3.8) is 0 Å². The van der Waals surface area contributed by atoms with Crippen LogP contribution in [0.1, 0.15) is 5.69 Å². The monoisotopic (exact) mass is 371 g/mol. The van der Waals surface area contributed by atoms with Crippen molar-refractivity contribution in [3.05, 3.63) is 24.1 Å². The van der Waals surface area contributed by atoms with Crippen LogP contribution in [0.15, 0.2) is 27.4 Å². The van der Waals surface area contributed by atoms with E-state index in [9.17, 15) is 5.11 Å². The molecule has 142 valence electrons. The molecule has 0 spiro atoms. The number of aliphatic hydroxyl groups excluding tert-OH is 1. The Labute approximate surface area is 155 Å². The Kier molecular flexibility index (Phi) is 4.27. The van der Waals surface area contributed by atoms with Gasteiger partial charge in [0.1, 0.15) is 17.5 Å². The second-order valence-corrected chi connectivity index (χ2v) is 7.11. The second-order valence-electron chi connectivity index (χ2n) is 7.11. The largest absolute Gasteiger partial charge is 0.444 e. The molecule has 1 aromatic carbocycles. The Morgan fingerprint density at radius 1 is 1.15 bits per heavy atom. The average molecular weight is 371 g/mol. The molecule has 0 bridgehead atoms. The fourth-order valence-corrected chi connectivity index (χ4v) is 3.78. The van der Waals surface area contributed by atoms with Crippen LogP contribution >= 0.6 is 0 Å². The van der Waals surface area contributed by atoms with E-state index in [0.717, 1.165) is 62.7 Å². The van der Waals surface area contributed by atoms with Gasteiger partial charge in [0.05, 0.1) is 25.5 Å². The van der Waals surface area contributed by atoms with Gasteiger partial charge >= 0.3 is 0 Å². The van der Waals surface area contributed by atoms with Crippen molar-refractivity contribution >= 4 is 16.7 Å². The van der Waals surface area contributed by atoms with E-state index < -0.39 is 0 Å². The first-order valence-corrected chi connectivity index (χ1v) is 9.17. The molecule has 9 nitrogen and oxygen atoms in total. The van der Waals surface area contributed by atoms with Gasteiger partial charge in [0.25, 0.3) is 0 Å². The minimum absolute atomic E-state index is 0.153. The van der Waals surface area contributed by atoms with E-state index in [0.29, 0.717) is 23.0 Å². The first-order chi connectivity index (χ1) is 13.3. The molecule has 0 unspecified atom stereocenters. The molecule has 4 heterocycles. The van der Waals surface area contributed by atoms with Crippen LogP contribution in [-0.2, 0) is 11.3 Å². The number of oxazole rings is 1. The van der Waals surface area contributed by atoms with E-state index in [1.54, 1.807) is 0 Å². The van der Waals surface area contributed by atoms with Crippen LogP contribution in [0.3, 0.4) is 0 Å². The third-order valence-corrected chi connectivity index (χ3v) is 5.22. The number of morpholine rings is 1. The van der Waals surface area contributed by atoms with E-state index in [1.165, 1.54) is 6.26 Å². The van der Waals surface area contributed by atoms with Gasteiger partial charge in [0, 0.05) is 44.2 Å². The fraction of sp³-hybridized carbons (Fsp3) is 0.500. The van der Waals surface area contributed by atoms with E-state index in [-0.39, 0.29) is 6.61 Å². The molecule has 0 saturated carbocycles. The zero-order chi connectivity index (χ0) is 18.2. The smallest absolute Gasteiger partial charge is 0.226 e. The highest BCUT2D eigenvalue weighted by Crippen LogP contribution is 2.35. The fourth-order valence-electron chi connectivity index (χ4n) is 3.78. The predicted molar refractivity (Wildman–Crippen MR) is 96.2 cm³/mol. The van der Waals surface area contributed by atoms with Crippen molar-refractivity contribution in [2.75, 3.05) is 50.8 Å². The minimum atomic E-state index is -0.153. The number of ether oxygens (including phenoxy) is 1. The average Bonchev–Trinajstić information content (AvgIpc) is 3.33. The highest BCUT2D eigenvalue weighted by molar-refractivity contribution is 5.92. The molecule has 27 heavy (non-hydrogen) atoms. The normalized spacial score (nSPS) is 18.9. The van der Waals surface area contributed by atoms with Gasteiger partial charge in [-0.25, -0.2) is 9.61 Å². The molecule has 0 atom stereocenters. The van der Waals surface area contributed by atoms with Crippen LogP contribution in [0.25, 0.3) is 22.5 Å². The van der Waals surface area contributed by atoms with Crippen molar-refractivity contribution in [1.82, 2.24) is 20.2 Å². The molecule has 9 heteroatoms. The summed E-state index contributed by atoms with van der Waals surface area (Å²) in [6.45, 7) is 6.57. The number of aliphatic hydroxyl groups is 1. The first kappa shape index (κ1) is 16.7. The lowest BCUT2D eigenvalue weighted by Gasteiger charge is -2.43. The predicted octanol–water partition coefficient (Wildman–Crippen LogP) is 1.14. The van der Waals surface area contributed by atoms with Gasteiger partial charge in [-0.15, -0.1) is 0 Å². The molecule has 0 amide bonds. The summed E-state index contributed by atoms with van der Waals surface area (Å²) in [4.78, 5) is 9.05. The summed E-state index contributed by atoms with van der Waals surface area (Å²) in [6, 6.07) is 3.85. The summed E-state index contributed by atoms with van der Waals surface area (Å²) in [5, 5.41) is 17.3. The Balaban J connectivity index is 1.36. The Hall–Kier alpha value is -2.49. The molecular weight excluding hydrogens is 350 g/mol. The standard InChI is InChI=1S/C18H21N5O4/c24-10-14-11-26-18(19-14)13-5-15-17(21-27-20-15)16(6-13)23-8-12(9-23)7-22-1-3-25-4-2-22/h5-6,11-12,24H,1-4,7-10H2. The second kappa shape index (κ2) is 6.91. The molecule has 2 aliphatic heterocycles. The molecule has 3 aromatic rings. The lowest BCUT2D eigenvalue weighted by Crippen LogP contribution is -2.53. The van der Waals surface area contributed by atoms with Gasteiger partial charge in [-0.3, -0.25) is 4.90 Å². The Bertz CT molecular complexity index is 927. The van der Waals surface area contributed by atoms with Crippen molar-refractivity contribution in [2.24, 2.45) is 5.92 Å². The van der Waals surface area contributed by atoms with Crippen molar-refractivity contribution in [2.45, 2.75) is 6.61 Å². The van der Waals surface area contributed by atoms with Crippen LogP contribution in [0.2, 0.25) is 0 Å². The number of fused-ring (bicyclic) bond motifs is 1. The van der Waals surface area contributed by atoms with Gasteiger partial charge in [-0.05, 0) is 22.4 Å². The zero-order valence-corrected chi connectivity index (χ0v) is 14.9. The van der Waals surface area contributed by atoms with E-state index in [1.807, 2.05) is 12.1 Å². The van der Waals surface area contributed by atoms with Crippen LogP contribution in [0.5, 0.6) is 0 Å². The van der Waals surface area contributed by atoms with Crippen molar-refractivity contribution in [3.8, 4) is 11.5 Å². The Morgan fingerprint density at radius 3 is 2.78 bits per heavy atom. The van der Waals surface area contributed by atoms with Crippen molar-refractivity contribution in [1.29, 1.82) is 0 Å². The summed E-state index contributed by atoms with van der Waals surface area (Å²) in [5.41, 5.74) is 3.69. The highest BCUT2D eigenvalue weighted by Gasteiger charge is 2.31. The van der Waals surface area contributed by atoms with E-state index in [2.05, 4.69) is 25.1 Å². The van der Waals surface area contributed by atoms with Crippen LogP contribution in [0.4, 0.5) is 5.69 Å². The van der Waals surface area contributed by atoms with Crippen LogP contribution in [-0.4, -0.2) is 71.2 Å². The lowest BCUT2D eigenvalue weighted by atomic mass is 9.97. The van der Waals surface area contributed by atoms with Gasteiger partial charge in [0.2, 0.25) is 5.89 Å². The molecule has 5 rings (SSSR count). The topological polar surface area (TPSA) is 101 Å². The molecule has 2 saturated heterocycles. The molecule has 0 aliphatic carbocycles. The quantitative estimate of drug-likeness (QED) is 0.707. The maximum absolute atomic E-state index is 9.21. The van der Waals surface area contributed by atoms with Crippen LogP contribution < -0.4 is 4.90 Å².